The average Bonchev–Trinajstić information content (AvgIpc) is 3.48. The smallest absolute Gasteiger partial charge is 0.289 e. The Morgan fingerprint density at radius 3 is 2.68 bits per heavy atom. The van der Waals surface area contributed by atoms with Gasteiger partial charge in [-0.1, -0.05) is 15.9 Å². The number of halogens is 1. The standard InChI is InChI=1S/C22H19BrN4O3S/c23-15-1-3-16(4-2-15)29-13-17-5-6-19(30-17)22(28)27-10-8-26(9-11-27)20-18-7-12-31-21(18)25-14-24-20/h1-7,12,14H,8-11,13H2. The Balaban J connectivity index is 1.19. The molecule has 9 heteroatoms. The van der Waals surface area contributed by atoms with Gasteiger partial charge in [0.1, 0.15) is 35.1 Å². The Morgan fingerprint density at radius 2 is 1.87 bits per heavy atom. The molecule has 158 valence electrons. The zero-order chi connectivity index (χ0) is 21.2. The third-order valence-corrected chi connectivity index (χ3v) is 6.52. The first kappa shape index (κ1) is 20.0. The van der Waals surface area contributed by atoms with E-state index in [1.54, 1.807) is 29.8 Å². The van der Waals surface area contributed by atoms with E-state index in [-0.39, 0.29) is 12.5 Å². The van der Waals surface area contributed by atoms with E-state index in [4.69, 9.17) is 9.15 Å². The van der Waals surface area contributed by atoms with Crippen molar-refractivity contribution < 1.29 is 13.9 Å². The lowest BCUT2D eigenvalue weighted by molar-refractivity contribution is 0.0710. The van der Waals surface area contributed by atoms with Gasteiger partial charge in [0.05, 0.1) is 5.39 Å². The van der Waals surface area contributed by atoms with E-state index in [0.717, 1.165) is 26.3 Å². The highest BCUT2D eigenvalue weighted by molar-refractivity contribution is 9.10. The summed E-state index contributed by atoms with van der Waals surface area (Å²) < 4.78 is 12.5. The molecule has 0 N–H and O–H groups in total. The highest BCUT2D eigenvalue weighted by Crippen LogP contribution is 2.27. The Hall–Kier alpha value is -2.91. The van der Waals surface area contributed by atoms with Gasteiger partial charge in [0.15, 0.2) is 5.76 Å². The molecule has 0 bridgehead atoms. The van der Waals surface area contributed by atoms with E-state index in [1.807, 2.05) is 40.6 Å². The van der Waals surface area contributed by atoms with Crippen molar-refractivity contribution in [3.05, 3.63) is 70.2 Å². The summed E-state index contributed by atoms with van der Waals surface area (Å²) in [6.07, 6.45) is 1.60. The topological polar surface area (TPSA) is 71.7 Å². The van der Waals surface area contributed by atoms with Gasteiger partial charge in [0, 0.05) is 30.7 Å². The molecule has 1 aliphatic rings. The Morgan fingerprint density at radius 1 is 1.06 bits per heavy atom. The van der Waals surface area contributed by atoms with Gasteiger partial charge in [0.2, 0.25) is 0 Å². The molecule has 7 nitrogen and oxygen atoms in total. The lowest BCUT2D eigenvalue weighted by Gasteiger charge is -2.35. The van der Waals surface area contributed by atoms with E-state index < -0.39 is 0 Å². The fourth-order valence-corrected chi connectivity index (χ4v) is 4.55. The summed E-state index contributed by atoms with van der Waals surface area (Å²) >= 11 is 5.01. The Kier molecular flexibility index (Phi) is 5.61. The summed E-state index contributed by atoms with van der Waals surface area (Å²) in [5.41, 5.74) is 0. The number of benzene rings is 1. The molecule has 0 saturated carbocycles. The maximum Gasteiger partial charge on any atom is 0.289 e. The molecule has 0 radical (unpaired) electrons. The Bertz CT molecular complexity index is 1200. The molecule has 3 aromatic heterocycles. The van der Waals surface area contributed by atoms with Gasteiger partial charge in [-0.15, -0.1) is 11.3 Å². The van der Waals surface area contributed by atoms with E-state index >= 15 is 0 Å². The first-order valence-electron chi connectivity index (χ1n) is 9.87. The van der Waals surface area contributed by atoms with Crippen molar-refractivity contribution in [3.8, 4) is 5.75 Å². The minimum atomic E-state index is -0.0992. The number of carbonyl (C=O) groups excluding carboxylic acids is 1. The van der Waals surface area contributed by atoms with Gasteiger partial charge in [-0.3, -0.25) is 4.79 Å². The Labute approximate surface area is 191 Å². The number of nitrogens with zero attached hydrogens (tertiary/aromatic N) is 4. The molecule has 31 heavy (non-hydrogen) atoms. The number of aromatic nitrogens is 2. The number of piperazine rings is 1. The van der Waals surface area contributed by atoms with Crippen LogP contribution in [-0.2, 0) is 6.61 Å². The first-order valence-corrected chi connectivity index (χ1v) is 11.5. The van der Waals surface area contributed by atoms with Crippen molar-refractivity contribution in [3.63, 3.8) is 0 Å². The summed E-state index contributed by atoms with van der Waals surface area (Å²) in [6, 6.07) is 13.1. The van der Waals surface area contributed by atoms with E-state index in [1.165, 1.54) is 0 Å². The number of fused-ring (bicyclic) bond motifs is 1. The normalized spacial score (nSPS) is 14.2. The van der Waals surface area contributed by atoms with Crippen LogP contribution >= 0.6 is 27.3 Å². The van der Waals surface area contributed by atoms with Gasteiger partial charge in [-0.25, -0.2) is 9.97 Å². The molecule has 4 aromatic rings. The number of anilines is 1. The van der Waals surface area contributed by atoms with Crippen molar-refractivity contribution in [2.75, 3.05) is 31.1 Å². The quantitative estimate of drug-likeness (QED) is 0.400. The molecule has 5 rings (SSSR count). The number of hydrogen-bond acceptors (Lipinski definition) is 7. The maximum absolute atomic E-state index is 12.9. The lowest BCUT2D eigenvalue weighted by Crippen LogP contribution is -2.49. The zero-order valence-electron chi connectivity index (χ0n) is 16.5. The molecule has 0 aliphatic carbocycles. The van der Waals surface area contributed by atoms with Crippen LogP contribution in [0.25, 0.3) is 10.2 Å². The molecule has 4 heterocycles. The molecule has 1 saturated heterocycles. The second-order valence-corrected chi connectivity index (χ2v) is 8.93. The molecule has 0 spiro atoms. The van der Waals surface area contributed by atoms with Crippen LogP contribution in [0.1, 0.15) is 16.3 Å². The fraction of sp³-hybridized carbons (Fsp3) is 0.227. The molecular formula is C22H19BrN4O3S. The third-order valence-electron chi connectivity index (χ3n) is 5.17. The van der Waals surface area contributed by atoms with Crippen LogP contribution in [0.4, 0.5) is 5.82 Å². The van der Waals surface area contributed by atoms with Crippen LogP contribution in [-0.4, -0.2) is 47.0 Å². The summed E-state index contributed by atoms with van der Waals surface area (Å²) in [5.74, 6) is 2.53. The summed E-state index contributed by atoms with van der Waals surface area (Å²) in [4.78, 5) is 26.7. The molecule has 1 aromatic carbocycles. The van der Waals surface area contributed by atoms with Gasteiger partial charge in [0.25, 0.3) is 5.91 Å². The minimum absolute atomic E-state index is 0.0992. The second-order valence-electron chi connectivity index (χ2n) is 7.12. The van der Waals surface area contributed by atoms with E-state index in [9.17, 15) is 4.79 Å². The van der Waals surface area contributed by atoms with Crippen molar-refractivity contribution in [2.24, 2.45) is 0 Å². The number of rotatable bonds is 5. The van der Waals surface area contributed by atoms with Crippen LogP contribution < -0.4 is 9.64 Å². The van der Waals surface area contributed by atoms with Crippen molar-refractivity contribution in [2.45, 2.75) is 6.61 Å². The lowest BCUT2D eigenvalue weighted by atomic mass is 10.2. The number of amides is 1. The van der Waals surface area contributed by atoms with Crippen LogP contribution in [0.3, 0.4) is 0 Å². The van der Waals surface area contributed by atoms with E-state index in [2.05, 4.69) is 30.8 Å². The van der Waals surface area contributed by atoms with Crippen LogP contribution in [0.5, 0.6) is 5.75 Å². The highest BCUT2D eigenvalue weighted by atomic mass is 79.9. The van der Waals surface area contributed by atoms with Gasteiger partial charge >= 0.3 is 0 Å². The predicted octanol–water partition coefficient (Wildman–Crippen LogP) is 4.59. The van der Waals surface area contributed by atoms with E-state index in [0.29, 0.717) is 37.7 Å². The predicted molar refractivity (Wildman–Crippen MR) is 123 cm³/mol. The number of ether oxygens (including phenoxy) is 1. The van der Waals surface area contributed by atoms with Gasteiger partial charge in [-0.2, -0.15) is 0 Å². The zero-order valence-corrected chi connectivity index (χ0v) is 18.9. The number of hydrogen-bond donors (Lipinski definition) is 0. The summed E-state index contributed by atoms with van der Waals surface area (Å²) in [7, 11) is 0. The second kappa shape index (κ2) is 8.68. The molecule has 0 atom stereocenters. The summed E-state index contributed by atoms with van der Waals surface area (Å²) in [5, 5.41) is 3.09. The number of carbonyl (C=O) groups is 1. The largest absolute Gasteiger partial charge is 0.486 e. The van der Waals surface area contributed by atoms with Crippen LogP contribution in [0.15, 0.2) is 63.1 Å². The van der Waals surface area contributed by atoms with Crippen molar-refractivity contribution in [1.29, 1.82) is 0 Å². The fourth-order valence-electron chi connectivity index (χ4n) is 3.56. The van der Waals surface area contributed by atoms with Crippen molar-refractivity contribution >= 4 is 49.2 Å². The first-order chi connectivity index (χ1) is 15.2. The monoisotopic (exact) mass is 498 g/mol. The number of furan rings is 1. The average molecular weight is 499 g/mol. The highest BCUT2D eigenvalue weighted by Gasteiger charge is 2.26. The molecular weight excluding hydrogens is 480 g/mol. The minimum Gasteiger partial charge on any atom is -0.486 e. The maximum atomic E-state index is 12.9. The van der Waals surface area contributed by atoms with Crippen molar-refractivity contribution in [1.82, 2.24) is 14.9 Å². The molecule has 0 unspecified atom stereocenters. The molecule has 1 aliphatic heterocycles. The number of thiophene rings is 1. The molecule has 1 amide bonds. The van der Waals surface area contributed by atoms with Gasteiger partial charge < -0.3 is 19.0 Å². The van der Waals surface area contributed by atoms with Gasteiger partial charge in [-0.05, 0) is 47.8 Å². The molecule has 1 fully saturated rings. The SMILES string of the molecule is O=C(c1ccc(COc2ccc(Br)cc2)o1)N1CCN(c2ncnc3sccc23)CC1. The summed E-state index contributed by atoms with van der Waals surface area (Å²) in [6.45, 7) is 2.93. The third kappa shape index (κ3) is 4.28. The van der Waals surface area contributed by atoms with Crippen LogP contribution in [0, 0.1) is 0 Å². The van der Waals surface area contributed by atoms with Crippen LogP contribution in [0.2, 0.25) is 0 Å².